The third-order valence-corrected chi connectivity index (χ3v) is 4.67. The minimum Gasteiger partial charge on any atom is -0.444 e. The van der Waals surface area contributed by atoms with Gasteiger partial charge in [-0.15, -0.1) is 0 Å². The molecule has 5 heteroatoms. The number of hydrogen-bond donors (Lipinski definition) is 1. The van der Waals surface area contributed by atoms with E-state index in [2.05, 4.69) is 35.5 Å². The molecule has 2 aliphatic heterocycles. The van der Waals surface area contributed by atoms with Gasteiger partial charge in [-0.05, 0) is 77.0 Å². The maximum absolute atomic E-state index is 12.2. The van der Waals surface area contributed by atoms with Crippen LogP contribution < -0.4 is 5.32 Å². The van der Waals surface area contributed by atoms with E-state index in [9.17, 15) is 4.79 Å². The number of anilines is 1. The molecule has 0 unspecified atom stereocenters. The molecule has 1 aromatic carbocycles. The number of piperidine rings is 1. The van der Waals surface area contributed by atoms with E-state index >= 15 is 0 Å². The van der Waals surface area contributed by atoms with Crippen molar-refractivity contribution in [3.8, 4) is 0 Å². The number of amides is 1. The molecule has 2 heterocycles. The average Bonchev–Trinajstić information content (AvgIpc) is 2.91. The van der Waals surface area contributed by atoms with Crippen LogP contribution in [0.4, 0.5) is 10.5 Å². The number of hydrogen-bond acceptors (Lipinski definition) is 4. The van der Waals surface area contributed by atoms with Gasteiger partial charge in [-0.1, -0.05) is 6.07 Å². The molecule has 1 amide bonds. The van der Waals surface area contributed by atoms with Gasteiger partial charge in [0.1, 0.15) is 5.60 Å². The first kappa shape index (κ1) is 17.1. The smallest absolute Gasteiger partial charge is 0.410 e. The second-order valence-corrected chi connectivity index (χ2v) is 8.04. The Hall–Kier alpha value is -1.75. The van der Waals surface area contributed by atoms with Gasteiger partial charge in [0.25, 0.3) is 0 Å². The maximum Gasteiger partial charge on any atom is 0.410 e. The third kappa shape index (κ3) is 4.20. The van der Waals surface area contributed by atoms with Gasteiger partial charge in [0.2, 0.25) is 0 Å². The maximum atomic E-state index is 12.2. The Kier molecular flexibility index (Phi) is 4.72. The van der Waals surface area contributed by atoms with Crippen LogP contribution >= 0.6 is 0 Å². The van der Waals surface area contributed by atoms with Crippen molar-refractivity contribution in [3.05, 3.63) is 29.3 Å². The zero-order chi connectivity index (χ0) is 17.3. The summed E-state index contributed by atoms with van der Waals surface area (Å²) >= 11 is 0. The van der Waals surface area contributed by atoms with Gasteiger partial charge >= 0.3 is 6.09 Å². The minimum atomic E-state index is -0.452. The molecule has 0 radical (unpaired) electrons. The molecule has 1 aromatic rings. The van der Waals surface area contributed by atoms with Crippen LogP contribution in [0.2, 0.25) is 0 Å². The first-order valence-electron chi connectivity index (χ1n) is 8.85. The molecule has 0 saturated carbocycles. The highest BCUT2D eigenvalue weighted by atomic mass is 16.6. The van der Waals surface area contributed by atoms with Gasteiger partial charge in [0.05, 0.1) is 0 Å². The quantitative estimate of drug-likeness (QED) is 0.901. The van der Waals surface area contributed by atoms with Crippen LogP contribution in [0.1, 0.15) is 44.7 Å². The molecule has 0 aliphatic carbocycles. The molecule has 0 aromatic heterocycles. The van der Waals surface area contributed by atoms with Crippen molar-refractivity contribution in [1.29, 1.82) is 0 Å². The number of nitrogens with zero attached hydrogens (tertiary/aromatic N) is 2. The molecule has 3 rings (SSSR count). The highest BCUT2D eigenvalue weighted by molar-refractivity contribution is 5.69. The molecule has 5 nitrogen and oxygen atoms in total. The standard InChI is InChI=1S/C19H29N3O2/c1-19(2,3)24-18(23)22-12-14-5-6-17(11-15(14)13-22)20-16-7-9-21(4)10-8-16/h5-6,11,16,20H,7-10,12-13H2,1-4H3. The number of carbonyl (C=O) groups is 1. The van der Waals surface area contributed by atoms with E-state index < -0.39 is 5.60 Å². The monoisotopic (exact) mass is 331 g/mol. The van der Waals surface area contributed by atoms with Crippen LogP contribution in [0.3, 0.4) is 0 Å². The lowest BCUT2D eigenvalue weighted by Crippen LogP contribution is -2.36. The number of ether oxygens (including phenoxy) is 1. The van der Waals surface area contributed by atoms with Crippen LogP contribution in [0.5, 0.6) is 0 Å². The van der Waals surface area contributed by atoms with Crippen LogP contribution in [0.25, 0.3) is 0 Å². The summed E-state index contributed by atoms with van der Waals surface area (Å²) in [6.07, 6.45) is 2.12. The van der Waals surface area contributed by atoms with Crippen molar-refractivity contribution in [1.82, 2.24) is 9.80 Å². The molecule has 132 valence electrons. The van der Waals surface area contributed by atoms with E-state index in [1.807, 2.05) is 20.8 Å². The Labute approximate surface area is 145 Å². The summed E-state index contributed by atoms with van der Waals surface area (Å²) in [6, 6.07) is 7.01. The molecule has 1 N–H and O–H groups in total. The van der Waals surface area contributed by atoms with Gasteiger partial charge in [0.15, 0.2) is 0 Å². The highest BCUT2D eigenvalue weighted by Gasteiger charge is 2.28. The molecule has 1 saturated heterocycles. The fourth-order valence-electron chi connectivity index (χ4n) is 3.33. The largest absolute Gasteiger partial charge is 0.444 e. The van der Waals surface area contributed by atoms with Crippen molar-refractivity contribution < 1.29 is 9.53 Å². The minimum absolute atomic E-state index is 0.233. The van der Waals surface area contributed by atoms with Gasteiger partial charge in [-0.3, -0.25) is 4.90 Å². The van der Waals surface area contributed by atoms with Crippen molar-refractivity contribution >= 4 is 11.8 Å². The van der Waals surface area contributed by atoms with Crippen molar-refractivity contribution in [3.63, 3.8) is 0 Å². The summed E-state index contributed by atoms with van der Waals surface area (Å²) in [4.78, 5) is 16.4. The fourth-order valence-corrected chi connectivity index (χ4v) is 3.33. The second kappa shape index (κ2) is 6.63. The van der Waals surface area contributed by atoms with Crippen LogP contribution in [-0.2, 0) is 17.8 Å². The summed E-state index contributed by atoms with van der Waals surface area (Å²) < 4.78 is 5.48. The predicted octanol–water partition coefficient (Wildman–Crippen LogP) is 3.44. The van der Waals surface area contributed by atoms with Crippen molar-refractivity contribution in [2.75, 3.05) is 25.5 Å². The Bertz CT molecular complexity index is 601. The number of likely N-dealkylation sites (tertiary alicyclic amines) is 1. The molecule has 2 aliphatic rings. The van der Waals surface area contributed by atoms with Crippen molar-refractivity contribution in [2.45, 2.75) is 58.3 Å². The summed E-state index contributed by atoms with van der Waals surface area (Å²) in [5, 5.41) is 3.65. The summed E-state index contributed by atoms with van der Waals surface area (Å²) in [5.74, 6) is 0. The van der Waals surface area contributed by atoms with E-state index in [1.165, 1.54) is 24.0 Å². The fraction of sp³-hybridized carbons (Fsp3) is 0.632. The molecular weight excluding hydrogens is 302 g/mol. The zero-order valence-corrected chi connectivity index (χ0v) is 15.3. The lowest BCUT2D eigenvalue weighted by molar-refractivity contribution is 0.0242. The normalized spacial score (nSPS) is 19.2. The number of carbonyl (C=O) groups excluding carboxylic acids is 1. The van der Waals surface area contributed by atoms with Crippen molar-refractivity contribution in [2.24, 2.45) is 0 Å². The molecule has 24 heavy (non-hydrogen) atoms. The number of rotatable bonds is 2. The van der Waals surface area contributed by atoms with E-state index in [0.29, 0.717) is 19.1 Å². The summed E-state index contributed by atoms with van der Waals surface area (Å²) in [5.41, 5.74) is 3.15. The molecule has 0 bridgehead atoms. The van der Waals surface area contributed by atoms with E-state index in [0.717, 1.165) is 18.8 Å². The van der Waals surface area contributed by atoms with Gasteiger partial charge in [-0.2, -0.15) is 0 Å². The van der Waals surface area contributed by atoms with Gasteiger partial charge in [0, 0.05) is 24.8 Å². The SMILES string of the molecule is CN1CCC(Nc2ccc3c(c2)CN(C(=O)OC(C)(C)C)C3)CC1. The van der Waals surface area contributed by atoms with Crippen LogP contribution in [-0.4, -0.2) is 47.7 Å². The Morgan fingerprint density at radius 2 is 1.83 bits per heavy atom. The van der Waals surface area contributed by atoms with Gasteiger partial charge in [-0.25, -0.2) is 4.79 Å². The van der Waals surface area contributed by atoms with Crippen LogP contribution in [0, 0.1) is 0 Å². The predicted molar refractivity (Wildman–Crippen MR) is 96.1 cm³/mol. The number of nitrogens with one attached hydrogen (secondary N) is 1. The van der Waals surface area contributed by atoms with E-state index in [1.54, 1.807) is 4.90 Å². The molecular formula is C19H29N3O2. The number of benzene rings is 1. The first-order chi connectivity index (χ1) is 11.3. The van der Waals surface area contributed by atoms with E-state index in [-0.39, 0.29) is 6.09 Å². The zero-order valence-electron chi connectivity index (χ0n) is 15.3. The molecule has 0 atom stereocenters. The Balaban J connectivity index is 1.60. The Morgan fingerprint density at radius 3 is 2.50 bits per heavy atom. The lowest BCUT2D eigenvalue weighted by atomic mass is 10.0. The third-order valence-electron chi connectivity index (χ3n) is 4.67. The van der Waals surface area contributed by atoms with Crippen LogP contribution in [0.15, 0.2) is 18.2 Å². The Morgan fingerprint density at radius 1 is 1.17 bits per heavy atom. The molecule has 1 fully saturated rings. The first-order valence-corrected chi connectivity index (χ1v) is 8.85. The lowest BCUT2D eigenvalue weighted by Gasteiger charge is -2.30. The van der Waals surface area contributed by atoms with Gasteiger partial charge < -0.3 is 15.0 Å². The molecule has 0 spiro atoms. The number of fused-ring (bicyclic) bond motifs is 1. The topological polar surface area (TPSA) is 44.8 Å². The highest BCUT2D eigenvalue weighted by Crippen LogP contribution is 2.28. The average molecular weight is 331 g/mol. The summed E-state index contributed by atoms with van der Waals surface area (Å²) in [7, 11) is 2.18. The second-order valence-electron chi connectivity index (χ2n) is 8.04. The summed E-state index contributed by atoms with van der Waals surface area (Å²) in [6.45, 7) is 9.27. The van der Waals surface area contributed by atoms with E-state index in [4.69, 9.17) is 4.74 Å².